The molecule has 5 heteroatoms. The minimum absolute atomic E-state index is 0.275. The van der Waals surface area contributed by atoms with Crippen molar-refractivity contribution < 1.29 is 9.90 Å². The van der Waals surface area contributed by atoms with Gasteiger partial charge in [-0.15, -0.1) is 0 Å². The van der Waals surface area contributed by atoms with Crippen molar-refractivity contribution in [2.24, 2.45) is 0 Å². The fraction of sp³-hybridized carbons (Fsp3) is 0.933. The van der Waals surface area contributed by atoms with Crippen molar-refractivity contribution in [3.05, 3.63) is 0 Å². The summed E-state index contributed by atoms with van der Waals surface area (Å²) in [5, 5.41) is 12.7. The summed E-state index contributed by atoms with van der Waals surface area (Å²) in [7, 11) is 2.15. The number of carboxylic acid groups (broad SMARTS) is 1. The van der Waals surface area contributed by atoms with E-state index in [1.54, 1.807) is 6.92 Å². The van der Waals surface area contributed by atoms with Crippen LogP contribution in [0.4, 0.5) is 0 Å². The Morgan fingerprint density at radius 2 is 2.15 bits per heavy atom. The molecule has 2 N–H and O–H groups in total. The summed E-state index contributed by atoms with van der Waals surface area (Å²) in [6.07, 6.45) is 1.58. The first kappa shape index (κ1) is 17.4. The molecule has 1 aliphatic rings. The Labute approximate surface area is 123 Å². The first-order valence-electron chi connectivity index (χ1n) is 7.73. The predicted molar refractivity (Wildman–Crippen MR) is 82.1 cm³/mol. The summed E-state index contributed by atoms with van der Waals surface area (Å²) in [6.45, 7) is 12.1. The van der Waals surface area contributed by atoms with E-state index in [2.05, 4.69) is 42.9 Å². The van der Waals surface area contributed by atoms with E-state index in [1.165, 1.54) is 0 Å². The van der Waals surface area contributed by atoms with Crippen LogP contribution in [0.2, 0.25) is 0 Å². The number of carboxylic acids is 1. The van der Waals surface area contributed by atoms with Crippen LogP contribution in [-0.4, -0.2) is 71.7 Å². The maximum absolute atomic E-state index is 11.6. The highest BCUT2D eigenvalue weighted by molar-refractivity contribution is 5.78. The van der Waals surface area contributed by atoms with Gasteiger partial charge >= 0.3 is 5.97 Å². The van der Waals surface area contributed by atoms with Crippen molar-refractivity contribution in [1.29, 1.82) is 0 Å². The minimum atomic E-state index is -0.831. The lowest BCUT2D eigenvalue weighted by atomic mass is 9.92. The summed E-state index contributed by atoms with van der Waals surface area (Å²) >= 11 is 0. The van der Waals surface area contributed by atoms with Gasteiger partial charge in [0.2, 0.25) is 0 Å². The zero-order valence-electron chi connectivity index (χ0n) is 13.6. The van der Waals surface area contributed by atoms with Gasteiger partial charge in [-0.1, -0.05) is 6.92 Å². The smallest absolute Gasteiger partial charge is 0.323 e. The summed E-state index contributed by atoms with van der Waals surface area (Å²) in [4.78, 5) is 16.3. The molecule has 3 unspecified atom stereocenters. The number of carbonyl (C=O) groups is 1. The van der Waals surface area contributed by atoms with Gasteiger partial charge in [0, 0.05) is 31.7 Å². The van der Waals surface area contributed by atoms with E-state index >= 15 is 0 Å². The van der Waals surface area contributed by atoms with Crippen LogP contribution >= 0.6 is 0 Å². The Morgan fingerprint density at radius 1 is 1.50 bits per heavy atom. The Morgan fingerprint density at radius 3 is 2.65 bits per heavy atom. The quantitative estimate of drug-likeness (QED) is 0.737. The van der Waals surface area contributed by atoms with Gasteiger partial charge in [0.15, 0.2) is 0 Å². The number of nitrogens with zero attached hydrogens (tertiary/aromatic N) is 2. The average Bonchev–Trinajstić information content (AvgIpc) is 2.39. The third-order valence-corrected chi connectivity index (χ3v) is 4.56. The maximum Gasteiger partial charge on any atom is 0.323 e. The lowest BCUT2D eigenvalue weighted by Gasteiger charge is -2.42. The fourth-order valence-electron chi connectivity index (χ4n) is 2.83. The zero-order valence-corrected chi connectivity index (χ0v) is 13.6. The van der Waals surface area contributed by atoms with E-state index < -0.39 is 11.5 Å². The van der Waals surface area contributed by atoms with E-state index in [4.69, 9.17) is 0 Å². The minimum Gasteiger partial charge on any atom is -0.480 e. The zero-order chi connectivity index (χ0) is 15.3. The molecule has 1 fully saturated rings. The summed E-state index contributed by atoms with van der Waals surface area (Å²) in [5.74, 6) is -0.750. The van der Waals surface area contributed by atoms with Crippen LogP contribution in [0, 0.1) is 0 Å². The first-order valence-corrected chi connectivity index (χ1v) is 7.73. The lowest BCUT2D eigenvalue weighted by molar-refractivity contribution is -0.145. The highest BCUT2D eigenvalue weighted by Crippen LogP contribution is 2.19. The molecule has 0 saturated carbocycles. The van der Waals surface area contributed by atoms with Gasteiger partial charge < -0.3 is 15.3 Å². The van der Waals surface area contributed by atoms with E-state index in [0.717, 1.165) is 32.6 Å². The van der Waals surface area contributed by atoms with Gasteiger partial charge in [0.1, 0.15) is 5.54 Å². The maximum atomic E-state index is 11.6. The number of likely N-dealkylation sites (N-methyl/N-ethyl adjacent to an activating group) is 1. The van der Waals surface area contributed by atoms with Gasteiger partial charge in [-0.05, 0) is 47.2 Å². The second-order valence-electron chi connectivity index (χ2n) is 6.44. The molecule has 20 heavy (non-hydrogen) atoms. The van der Waals surface area contributed by atoms with Crippen LogP contribution in [0.1, 0.15) is 40.5 Å². The monoisotopic (exact) mass is 285 g/mol. The Bertz CT molecular complexity index is 324. The van der Waals surface area contributed by atoms with Crippen LogP contribution in [0.3, 0.4) is 0 Å². The van der Waals surface area contributed by atoms with Crippen LogP contribution < -0.4 is 5.32 Å². The second-order valence-corrected chi connectivity index (χ2v) is 6.44. The topological polar surface area (TPSA) is 55.8 Å². The van der Waals surface area contributed by atoms with Crippen molar-refractivity contribution in [1.82, 2.24) is 15.1 Å². The van der Waals surface area contributed by atoms with Gasteiger partial charge in [-0.2, -0.15) is 0 Å². The number of hydrogen-bond acceptors (Lipinski definition) is 4. The standard InChI is InChI=1S/C15H31N3O2/c1-6-7-16-15(4,14(19)20)10-12(2)18-9-8-17(5)13(3)11-18/h12-13,16H,6-11H2,1-5H3,(H,19,20). The summed E-state index contributed by atoms with van der Waals surface area (Å²) < 4.78 is 0. The molecule has 0 aromatic rings. The third kappa shape index (κ3) is 4.43. The molecule has 1 heterocycles. The average molecular weight is 285 g/mol. The number of rotatable bonds is 7. The van der Waals surface area contributed by atoms with E-state index in [-0.39, 0.29) is 6.04 Å². The molecule has 0 bridgehead atoms. The van der Waals surface area contributed by atoms with Crippen molar-refractivity contribution in [3.8, 4) is 0 Å². The highest BCUT2D eigenvalue weighted by atomic mass is 16.4. The first-order chi connectivity index (χ1) is 9.30. The van der Waals surface area contributed by atoms with Crippen LogP contribution in [-0.2, 0) is 4.79 Å². The predicted octanol–water partition coefficient (Wildman–Crippen LogP) is 1.24. The van der Waals surface area contributed by atoms with E-state index in [9.17, 15) is 9.90 Å². The van der Waals surface area contributed by atoms with Crippen molar-refractivity contribution in [3.63, 3.8) is 0 Å². The van der Waals surface area contributed by atoms with E-state index in [0.29, 0.717) is 12.5 Å². The molecular weight excluding hydrogens is 254 g/mol. The Hall–Kier alpha value is -0.650. The summed E-state index contributed by atoms with van der Waals surface area (Å²) in [6, 6.07) is 0.808. The number of aliphatic carboxylic acids is 1. The molecule has 1 saturated heterocycles. The number of piperazine rings is 1. The summed E-state index contributed by atoms with van der Waals surface area (Å²) in [5.41, 5.74) is -0.831. The number of nitrogens with one attached hydrogen (secondary N) is 1. The molecular formula is C15H31N3O2. The normalized spacial score (nSPS) is 26.1. The fourth-order valence-corrected chi connectivity index (χ4v) is 2.83. The molecule has 0 aliphatic carbocycles. The molecule has 118 valence electrons. The molecule has 5 nitrogen and oxygen atoms in total. The van der Waals surface area contributed by atoms with Gasteiger partial charge in [-0.25, -0.2) is 0 Å². The molecule has 0 radical (unpaired) electrons. The lowest BCUT2D eigenvalue weighted by Crippen LogP contribution is -2.57. The number of hydrogen-bond donors (Lipinski definition) is 2. The second kappa shape index (κ2) is 7.38. The molecule has 0 aromatic heterocycles. The Kier molecular flexibility index (Phi) is 6.43. The molecule has 3 atom stereocenters. The van der Waals surface area contributed by atoms with Crippen molar-refractivity contribution in [2.75, 3.05) is 33.2 Å². The molecule has 0 spiro atoms. The van der Waals surface area contributed by atoms with Crippen molar-refractivity contribution >= 4 is 5.97 Å². The van der Waals surface area contributed by atoms with Gasteiger partial charge in [0.05, 0.1) is 0 Å². The van der Waals surface area contributed by atoms with Gasteiger partial charge in [0.25, 0.3) is 0 Å². The van der Waals surface area contributed by atoms with Gasteiger partial charge in [-0.3, -0.25) is 9.69 Å². The Balaban J connectivity index is 2.62. The molecule has 0 amide bonds. The van der Waals surface area contributed by atoms with Crippen LogP contribution in [0.25, 0.3) is 0 Å². The molecule has 1 rings (SSSR count). The van der Waals surface area contributed by atoms with Crippen molar-refractivity contribution in [2.45, 2.75) is 58.2 Å². The van der Waals surface area contributed by atoms with Crippen LogP contribution in [0.5, 0.6) is 0 Å². The highest BCUT2D eigenvalue weighted by Gasteiger charge is 2.36. The van der Waals surface area contributed by atoms with E-state index in [1.807, 2.05) is 0 Å². The van der Waals surface area contributed by atoms with Crippen LogP contribution in [0.15, 0.2) is 0 Å². The largest absolute Gasteiger partial charge is 0.480 e. The SMILES string of the molecule is CCCNC(C)(CC(C)N1CCN(C)C(C)C1)C(=O)O. The molecule has 1 aliphatic heterocycles. The third-order valence-electron chi connectivity index (χ3n) is 4.56. The molecule has 0 aromatic carbocycles.